The van der Waals surface area contributed by atoms with Gasteiger partial charge in [-0.2, -0.15) is 0 Å². The zero-order valence-corrected chi connectivity index (χ0v) is 17.3. The zero-order valence-electron chi connectivity index (χ0n) is 16.4. The van der Waals surface area contributed by atoms with Gasteiger partial charge in [-0.25, -0.2) is 17.4 Å². The van der Waals surface area contributed by atoms with E-state index in [9.17, 15) is 13.2 Å². The second-order valence-corrected chi connectivity index (χ2v) is 9.43. The van der Waals surface area contributed by atoms with Crippen molar-refractivity contribution in [2.75, 3.05) is 25.5 Å². The molecule has 152 valence electrons. The summed E-state index contributed by atoms with van der Waals surface area (Å²) >= 11 is 0. The first kappa shape index (κ1) is 19.5. The Kier molecular flexibility index (Phi) is 5.10. The predicted octanol–water partition coefficient (Wildman–Crippen LogP) is 2.05. The topological polar surface area (TPSA) is 88.4 Å². The molecular formula is C20H23N5O3S. The number of nitrogens with zero attached hydrogens (tertiary/aromatic N) is 5. The van der Waals surface area contributed by atoms with E-state index in [0.717, 1.165) is 24.2 Å². The predicted molar refractivity (Wildman–Crippen MR) is 110 cm³/mol. The molecule has 0 spiro atoms. The first-order chi connectivity index (χ1) is 13.9. The molecule has 0 radical (unpaired) electrons. The third-order valence-electron chi connectivity index (χ3n) is 5.21. The monoisotopic (exact) mass is 413 g/mol. The van der Waals surface area contributed by atoms with Crippen LogP contribution in [-0.4, -0.2) is 54.3 Å². The molecule has 0 bridgehead atoms. The molecule has 0 fully saturated rings. The third kappa shape index (κ3) is 3.63. The molecule has 2 aromatic carbocycles. The van der Waals surface area contributed by atoms with Gasteiger partial charge in [-0.3, -0.25) is 4.79 Å². The second kappa shape index (κ2) is 7.57. The summed E-state index contributed by atoms with van der Waals surface area (Å²) < 4.78 is 27.4. The van der Waals surface area contributed by atoms with E-state index in [0.29, 0.717) is 24.9 Å². The van der Waals surface area contributed by atoms with Crippen molar-refractivity contribution in [2.45, 2.75) is 30.7 Å². The maximum absolute atomic E-state index is 12.6. The van der Waals surface area contributed by atoms with Crippen molar-refractivity contribution in [1.29, 1.82) is 0 Å². The number of carbonyl (C=O) groups is 1. The van der Waals surface area contributed by atoms with Gasteiger partial charge in [0.2, 0.25) is 15.9 Å². The van der Waals surface area contributed by atoms with Crippen LogP contribution in [0.4, 0.5) is 5.69 Å². The quantitative estimate of drug-likeness (QED) is 0.617. The summed E-state index contributed by atoms with van der Waals surface area (Å²) in [5.74, 6) is 0.110. The van der Waals surface area contributed by atoms with Gasteiger partial charge in [0.25, 0.3) is 0 Å². The standard InChI is InChI=1S/C20H23N5O3S/c1-23(2)29(27,28)16-9-10-19-17(14-16)21-22-25(19)12-5-8-20(26)24-13-11-15-6-3-4-7-18(15)24/h3-4,6-7,9-10,14H,5,8,11-13H2,1-2H3. The van der Waals surface area contributed by atoms with Crippen molar-refractivity contribution < 1.29 is 13.2 Å². The Morgan fingerprint density at radius 1 is 1.17 bits per heavy atom. The molecule has 0 N–H and O–H groups in total. The smallest absolute Gasteiger partial charge is 0.242 e. The van der Waals surface area contributed by atoms with Crippen LogP contribution >= 0.6 is 0 Å². The number of carbonyl (C=O) groups excluding carboxylic acids is 1. The van der Waals surface area contributed by atoms with Crippen LogP contribution in [0.2, 0.25) is 0 Å². The van der Waals surface area contributed by atoms with Gasteiger partial charge < -0.3 is 4.90 Å². The minimum Gasteiger partial charge on any atom is -0.312 e. The van der Waals surface area contributed by atoms with Crippen molar-refractivity contribution in [3.8, 4) is 0 Å². The SMILES string of the molecule is CN(C)S(=O)(=O)c1ccc2c(c1)nnn2CCCC(=O)N1CCc2ccccc21. The number of anilines is 1. The Morgan fingerprint density at radius 3 is 2.76 bits per heavy atom. The number of amides is 1. The average molecular weight is 414 g/mol. The summed E-state index contributed by atoms with van der Waals surface area (Å²) in [7, 11) is -0.531. The average Bonchev–Trinajstić information content (AvgIpc) is 3.31. The number of fused-ring (bicyclic) bond motifs is 2. The minimum atomic E-state index is -3.52. The number of sulfonamides is 1. The van der Waals surface area contributed by atoms with Gasteiger partial charge >= 0.3 is 0 Å². The minimum absolute atomic E-state index is 0.110. The number of rotatable bonds is 6. The molecule has 9 heteroatoms. The lowest BCUT2D eigenvalue weighted by atomic mass is 10.2. The highest BCUT2D eigenvalue weighted by atomic mass is 32.2. The van der Waals surface area contributed by atoms with Crippen LogP contribution in [0.3, 0.4) is 0 Å². The summed E-state index contributed by atoms with van der Waals surface area (Å²) in [6.07, 6.45) is 1.95. The molecule has 4 rings (SSSR count). The van der Waals surface area contributed by atoms with Crippen molar-refractivity contribution in [1.82, 2.24) is 19.3 Å². The van der Waals surface area contributed by atoms with Gasteiger partial charge in [0, 0.05) is 39.3 Å². The molecule has 8 nitrogen and oxygen atoms in total. The first-order valence-corrected chi connectivity index (χ1v) is 11.0. The molecule has 0 unspecified atom stereocenters. The maximum Gasteiger partial charge on any atom is 0.242 e. The third-order valence-corrected chi connectivity index (χ3v) is 7.02. The molecule has 1 aliphatic rings. The molecular weight excluding hydrogens is 390 g/mol. The highest BCUT2D eigenvalue weighted by molar-refractivity contribution is 7.89. The van der Waals surface area contributed by atoms with Crippen LogP contribution in [0, 0.1) is 0 Å². The molecule has 1 aromatic heterocycles. The number of hydrogen-bond donors (Lipinski definition) is 0. The number of aryl methyl sites for hydroxylation is 1. The van der Waals surface area contributed by atoms with E-state index in [4.69, 9.17) is 0 Å². The fourth-order valence-electron chi connectivity index (χ4n) is 3.60. The molecule has 2 heterocycles. The van der Waals surface area contributed by atoms with E-state index >= 15 is 0 Å². The fraction of sp³-hybridized carbons (Fsp3) is 0.350. The van der Waals surface area contributed by atoms with E-state index in [-0.39, 0.29) is 10.8 Å². The van der Waals surface area contributed by atoms with Gasteiger partial charge in [-0.05, 0) is 42.7 Å². The highest BCUT2D eigenvalue weighted by Crippen LogP contribution is 2.28. The van der Waals surface area contributed by atoms with E-state index in [1.54, 1.807) is 16.8 Å². The van der Waals surface area contributed by atoms with Crippen LogP contribution in [0.5, 0.6) is 0 Å². The van der Waals surface area contributed by atoms with E-state index in [1.165, 1.54) is 30.0 Å². The molecule has 0 aliphatic carbocycles. The number of para-hydroxylation sites is 1. The van der Waals surface area contributed by atoms with E-state index in [2.05, 4.69) is 16.4 Å². The lowest BCUT2D eigenvalue weighted by molar-refractivity contribution is -0.118. The van der Waals surface area contributed by atoms with Crippen molar-refractivity contribution >= 4 is 32.7 Å². The Hall–Kier alpha value is -2.78. The van der Waals surface area contributed by atoms with Gasteiger partial charge in [0.1, 0.15) is 5.52 Å². The van der Waals surface area contributed by atoms with Crippen LogP contribution in [-0.2, 0) is 27.8 Å². The van der Waals surface area contributed by atoms with Gasteiger partial charge in [-0.15, -0.1) is 5.10 Å². The first-order valence-electron chi connectivity index (χ1n) is 9.52. The zero-order chi connectivity index (χ0) is 20.6. The van der Waals surface area contributed by atoms with Crippen molar-refractivity contribution in [3.05, 3.63) is 48.0 Å². The second-order valence-electron chi connectivity index (χ2n) is 7.28. The molecule has 1 aliphatic heterocycles. The van der Waals surface area contributed by atoms with Crippen molar-refractivity contribution in [2.24, 2.45) is 0 Å². The van der Waals surface area contributed by atoms with Crippen LogP contribution in [0.15, 0.2) is 47.4 Å². The largest absolute Gasteiger partial charge is 0.312 e. The molecule has 0 saturated heterocycles. The van der Waals surface area contributed by atoms with Crippen LogP contribution in [0.1, 0.15) is 18.4 Å². The lowest BCUT2D eigenvalue weighted by Gasteiger charge is -2.17. The van der Waals surface area contributed by atoms with Crippen LogP contribution < -0.4 is 4.90 Å². The van der Waals surface area contributed by atoms with Gasteiger partial charge in [-0.1, -0.05) is 23.4 Å². The lowest BCUT2D eigenvalue weighted by Crippen LogP contribution is -2.28. The number of aromatic nitrogens is 3. The van der Waals surface area contributed by atoms with Gasteiger partial charge in [0.05, 0.1) is 10.4 Å². The summed E-state index contributed by atoms with van der Waals surface area (Å²) in [4.78, 5) is 14.7. The highest BCUT2D eigenvalue weighted by Gasteiger charge is 2.23. The number of benzene rings is 2. The summed E-state index contributed by atoms with van der Waals surface area (Å²) in [5, 5.41) is 8.22. The van der Waals surface area contributed by atoms with Crippen LogP contribution in [0.25, 0.3) is 11.0 Å². The van der Waals surface area contributed by atoms with Crippen molar-refractivity contribution in [3.63, 3.8) is 0 Å². The molecule has 1 amide bonds. The van der Waals surface area contributed by atoms with E-state index in [1.807, 2.05) is 23.1 Å². The molecule has 0 atom stereocenters. The molecule has 0 saturated carbocycles. The van der Waals surface area contributed by atoms with Gasteiger partial charge in [0.15, 0.2) is 0 Å². The summed E-state index contributed by atoms with van der Waals surface area (Å²) in [6.45, 7) is 1.27. The summed E-state index contributed by atoms with van der Waals surface area (Å²) in [6, 6.07) is 12.8. The number of hydrogen-bond acceptors (Lipinski definition) is 5. The molecule has 3 aromatic rings. The Bertz CT molecular complexity index is 1170. The van der Waals surface area contributed by atoms with E-state index < -0.39 is 10.0 Å². The Morgan fingerprint density at radius 2 is 1.97 bits per heavy atom. The summed E-state index contributed by atoms with van der Waals surface area (Å²) in [5.41, 5.74) is 3.50. The Labute approximate surface area is 169 Å². The molecule has 29 heavy (non-hydrogen) atoms. The fourth-order valence-corrected chi connectivity index (χ4v) is 4.52. The Balaban J connectivity index is 1.42. The maximum atomic E-state index is 12.6. The normalized spacial score (nSPS) is 14.0.